The molecule has 0 aliphatic heterocycles. The molecule has 2 aromatic carbocycles. The number of phenols is 1. The largest absolute Gasteiger partial charge is 0.506 e. The average Bonchev–Trinajstić information content (AvgIpc) is 2.87. The number of hydrogen-bond donors (Lipinski definition) is 2. The molecule has 0 aliphatic carbocycles. The predicted molar refractivity (Wildman–Crippen MR) is 117 cm³/mol. The summed E-state index contributed by atoms with van der Waals surface area (Å²) in [5, 5.41) is 20.9. The molecule has 1 unspecified atom stereocenters. The van der Waals surface area contributed by atoms with E-state index in [0.717, 1.165) is 16.8 Å². The highest BCUT2D eigenvalue weighted by molar-refractivity contribution is 7.80. The average molecular weight is 416 g/mol. The Morgan fingerprint density at radius 1 is 1.14 bits per heavy atom. The number of halogens is 1. The third-order valence-corrected chi connectivity index (χ3v) is 5.79. The quantitative estimate of drug-likeness (QED) is 0.539. The SMILES string of the molecule is Cc1ccc(C(=S)n2c(C)c(C(C(=O)O)C(C)C)c3cc(O)c(Cl)cc32)cc1. The molecule has 0 saturated carbocycles. The standard InChI is InChI=1S/C22H22ClNO3S/c1-11(2)19(22(26)27)20-13(4)24(17-10-16(23)18(25)9-15(17)20)21(28)14-7-5-12(3)6-8-14/h5-11,19,25H,1-4H3,(H,26,27). The first-order valence-corrected chi connectivity index (χ1v) is 9.79. The Hall–Kier alpha value is -2.37. The van der Waals surface area contributed by atoms with E-state index in [0.29, 0.717) is 21.5 Å². The van der Waals surface area contributed by atoms with Gasteiger partial charge in [0.15, 0.2) is 0 Å². The number of nitrogens with zero attached hydrogens (tertiary/aromatic N) is 1. The number of carbonyl (C=O) groups is 1. The van der Waals surface area contributed by atoms with Gasteiger partial charge in [-0.1, -0.05) is 67.5 Å². The number of aliphatic carboxylic acids is 1. The van der Waals surface area contributed by atoms with Crippen molar-refractivity contribution in [1.29, 1.82) is 0 Å². The molecule has 1 aromatic heterocycles. The maximum atomic E-state index is 12.0. The normalized spacial score (nSPS) is 12.5. The topological polar surface area (TPSA) is 62.5 Å². The van der Waals surface area contributed by atoms with Crippen molar-refractivity contribution in [3.63, 3.8) is 0 Å². The van der Waals surface area contributed by atoms with Crippen LogP contribution in [0.4, 0.5) is 0 Å². The van der Waals surface area contributed by atoms with Gasteiger partial charge >= 0.3 is 5.97 Å². The second-order valence-electron chi connectivity index (χ2n) is 7.39. The Labute approximate surface area is 174 Å². The smallest absolute Gasteiger partial charge is 0.311 e. The van der Waals surface area contributed by atoms with Crippen LogP contribution in [0.2, 0.25) is 5.02 Å². The lowest BCUT2D eigenvalue weighted by Crippen LogP contribution is -2.19. The van der Waals surface area contributed by atoms with Gasteiger partial charge in [0, 0.05) is 16.6 Å². The van der Waals surface area contributed by atoms with Gasteiger partial charge in [-0.15, -0.1) is 0 Å². The highest BCUT2D eigenvalue weighted by Gasteiger charge is 2.31. The number of rotatable bonds is 4. The molecule has 3 rings (SSSR count). The molecule has 0 amide bonds. The Kier molecular flexibility index (Phi) is 5.50. The number of aromatic nitrogens is 1. The number of fused-ring (bicyclic) bond motifs is 1. The lowest BCUT2D eigenvalue weighted by molar-refractivity contribution is -0.139. The van der Waals surface area contributed by atoms with Gasteiger partial charge in [-0.05, 0) is 37.5 Å². The monoisotopic (exact) mass is 415 g/mol. The van der Waals surface area contributed by atoms with Crippen molar-refractivity contribution < 1.29 is 15.0 Å². The van der Waals surface area contributed by atoms with E-state index in [1.54, 1.807) is 6.07 Å². The maximum Gasteiger partial charge on any atom is 0.311 e. The van der Waals surface area contributed by atoms with E-state index >= 15 is 0 Å². The summed E-state index contributed by atoms with van der Waals surface area (Å²) in [6.07, 6.45) is 0. The van der Waals surface area contributed by atoms with Crippen LogP contribution in [0.1, 0.15) is 42.1 Å². The number of aryl methyl sites for hydroxylation is 1. The lowest BCUT2D eigenvalue weighted by atomic mass is 9.86. The summed E-state index contributed by atoms with van der Waals surface area (Å²) < 4.78 is 1.86. The van der Waals surface area contributed by atoms with Crippen LogP contribution in [0.25, 0.3) is 10.9 Å². The molecule has 0 saturated heterocycles. The lowest BCUT2D eigenvalue weighted by Gasteiger charge is -2.18. The summed E-state index contributed by atoms with van der Waals surface area (Å²) in [6.45, 7) is 7.61. The van der Waals surface area contributed by atoms with Crippen LogP contribution < -0.4 is 0 Å². The zero-order valence-electron chi connectivity index (χ0n) is 16.2. The molecule has 0 radical (unpaired) electrons. The van der Waals surface area contributed by atoms with Crippen molar-refractivity contribution in [2.75, 3.05) is 0 Å². The number of hydrogen-bond acceptors (Lipinski definition) is 3. The van der Waals surface area contributed by atoms with E-state index in [2.05, 4.69) is 0 Å². The fraction of sp³-hybridized carbons (Fsp3) is 0.273. The minimum atomic E-state index is -0.909. The third kappa shape index (κ3) is 3.40. The molecule has 0 fully saturated rings. The van der Waals surface area contributed by atoms with Gasteiger partial charge in [-0.3, -0.25) is 4.79 Å². The zero-order chi connectivity index (χ0) is 20.7. The van der Waals surface area contributed by atoms with Crippen molar-refractivity contribution in [3.8, 4) is 5.75 Å². The fourth-order valence-electron chi connectivity index (χ4n) is 3.67. The van der Waals surface area contributed by atoms with Crippen LogP contribution in [0.15, 0.2) is 36.4 Å². The molecular weight excluding hydrogens is 394 g/mol. The molecule has 0 bridgehead atoms. The highest BCUT2D eigenvalue weighted by Crippen LogP contribution is 2.40. The van der Waals surface area contributed by atoms with Crippen LogP contribution in [0.3, 0.4) is 0 Å². The van der Waals surface area contributed by atoms with Crippen molar-refractivity contribution in [3.05, 3.63) is 63.8 Å². The van der Waals surface area contributed by atoms with Gasteiger partial charge < -0.3 is 14.8 Å². The molecule has 6 heteroatoms. The number of carboxylic acids is 1. The second-order valence-corrected chi connectivity index (χ2v) is 8.18. The van der Waals surface area contributed by atoms with Gasteiger partial charge in [-0.25, -0.2) is 0 Å². The van der Waals surface area contributed by atoms with E-state index in [9.17, 15) is 15.0 Å². The van der Waals surface area contributed by atoms with E-state index in [-0.39, 0.29) is 16.7 Å². The van der Waals surface area contributed by atoms with E-state index in [4.69, 9.17) is 23.8 Å². The predicted octanol–water partition coefficient (Wildman–Crippen LogP) is 5.67. The van der Waals surface area contributed by atoms with Crippen molar-refractivity contribution in [2.24, 2.45) is 5.92 Å². The summed E-state index contributed by atoms with van der Waals surface area (Å²) in [6, 6.07) is 11.0. The van der Waals surface area contributed by atoms with Crippen molar-refractivity contribution in [1.82, 2.24) is 4.57 Å². The van der Waals surface area contributed by atoms with Crippen LogP contribution >= 0.6 is 23.8 Å². The molecule has 146 valence electrons. The minimum absolute atomic E-state index is 0.0817. The molecule has 2 N–H and O–H groups in total. The Morgan fingerprint density at radius 3 is 2.29 bits per heavy atom. The minimum Gasteiger partial charge on any atom is -0.506 e. The van der Waals surface area contributed by atoms with Crippen LogP contribution in [0, 0.1) is 19.8 Å². The summed E-state index contributed by atoms with van der Waals surface area (Å²) in [4.78, 5) is 12.6. The second kappa shape index (κ2) is 7.57. The molecule has 0 spiro atoms. The summed E-state index contributed by atoms with van der Waals surface area (Å²) in [5.41, 5.74) is 4.06. The van der Waals surface area contributed by atoms with E-state index < -0.39 is 11.9 Å². The van der Waals surface area contributed by atoms with Gasteiger partial charge in [0.2, 0.25) is 0 Å². The van der Waals surface area contributed by atoms with Crippen LogP contribution in [-0.4, -0.2) is 25.7 Å². The molecule has 3 aromatic rings. The molecule has 1 heterocycles. The first kappa shape index (κ1) is 20.4. The number of benzene rings is 2. The molecule has 1 atom stereocenters. The Morgan fingerprint density at radius 2 is 1.75 bits per heavy atom. The zero-order valence-corrected chi connectivity index (χ0v) is 17.7. The third-order valence-electron chi connectivity index (χ3n) is 5.07. The van der Waals surface area contributed by atoms with E-state index in [1.807, 2.05) is 56.5 Å². The van der Waals surface area contributed by atoms with Gasteiger partial charge in [0.25, 0.3) is 0 Å². The maximum absolute atomic E-state index is 12.0. The summed E-state index contributed by atoms with van der Waals surface area (Å²) in [5.74, 6) is -1.86. The Balaban J connectivity index is 2.36. The number of aromatic hydroxyl groups is 1. The summed E-state index contributed by atoms with van der Waals surface area (Å²) >= 11 is 11.9. The van der Waals surface area contributed by atoms with Crippen LogP contribution in [-0.2, 0) is 4.79 Å². The first-order chi connectivity index (χ1) is 13.1. The highest BCUT2D eigenvalue weighted by atomic mass is 35.5. The molecule has 4 nitrogen and oxygen atoms in total. The van der Waals surface area contributed by atoms with Crippen molar-refractivity contribution in [2.45, 2.75) is 33.6 Å². The number of carboxylic acid groups (broad SMARTS) is 1. The first-order valence-electron chi connectivity index (χ1n) is 9.01. The van der Waals surface area contributed by atoms with Gasteiger partial charge in [-0.2, -0.15) is 0 Å². The van der Waals surface area contributed by atoms with Gasteiger partial charge in [0.05, 0.1) is 16.5 Å². The summed E-state index contributed by atoms with van der Waals surface area (Å²) in [7, 11) is 0. The van der Waals surface area contributed by atoms with Gasteiger partial charge in [0.1, 0.15) is 10.7 Å². The van der Waals surface area contributed by atoms with Crippen molar-refractivity contribution >= 4 is 45.7 Å². The molecule has 0 aliphatic rings. The molecule has 28 heavy (non-hydrogen) atoms. The number of thiocarbonyl (C=S) groups is 1. The Bertz CT molecular complexity index is 1080. The number of phenolic OH excluding ortho intramolecular Hbond substituents is 1. The van der Waals surface area contributed by atoms with Crippen LogP contribution in [0.5, 0.6) is 5.75 Å². The molecular formula is C22H22ClNO3S. The van der Waals surface area contributed by atoms with E-state index in [1.165, 1.54) is 6.07 Å². The fourth-order valence-corrected chi connectivity index (χ4v) is 4.20.